The van der Waals surface area contributed by atoms with E-state index in [4.69, 9.17) is 0 Å². The topological polar surface area (TPSA) is 62.7 Å². The van der Waals surface area contributed by atoms with Gasteiger partial charge >= 0.3 is 0 Å². The van der Waals surface area contributed by atoms with Crippen LogP contribution in [0.25, 0.3) is 0 Å². The highest BCUT2D eigenvalue weighted by Crippen LogP contribution is 2.17. The first-order valence-electron chi connectivity index (χ1n) is 7.52. The van der Waals surface area contributed by atoms with Gasteiger partial charge in [0.15, 0.2) is 0 Å². The lowest BCUT2D eigenvalue weighted by atomic mass is 10.2. The fourth-order valence-electron chi connectivity index (χ4n) is 2.25. The molecule has 0 bridgehead atoms. The van der Waals surface area contributed by atoms with Crippen molar-refractivity contribution in [1.82, 2.24) is 15.0 Å². The summed E-state index contributed by atoms with van der Waals surface area (Å²) in [6, 6.07) is 15.9. The molecule has 0 saturated heterocycles. The predicted octanol–water partition coefficient (Wildman–Crippen LogP) is 3.84. The zero-order valence-electron chi connectivity index (χ0n) is 13.2. The molecule has 116 valence electrons. The lowest BCUT2D eigenvalue weighted by molar-refractivity contribution is 1.01. The molecular formula is C18H19N5. The molecule has 5 nitrogen and oxygen atoms in total. The summed E-state index contributed by atoms with van der Waals surface area (Å²) in [4.78, 5) is 13.2. The van der Waals surface area contributed by atoms with E-state index in [0.29, 0.717) is 12.5 Å². The molecule has 0 saturated carbocycles. The molecule has 2 heterocycles. The molecule has 0 amide bonds. The van der Waals surface area contributed by atoms with Crippen LogP contribution in [0.5, 0.6) is 0 Å². The third kappa shape index (κ3) is 4.26. The molecule has 0 aliphatic heterocycles. The monoisotopic (exact) mass is 305 g/mol. The van der Waals surface area contributed by atoms with Gasteiger partial charge in [-0.2, -0.15) is 4.98 Å². The maximum Gasteiger partial charge on any atom is 0.229 e. The van der Waals surface area contributed by atoms with Crippen molar-refractivity contribution in [2.45, 2.75) is 20.4 Å². The van der Waals surface area contributed by atoms with Gasteiger partial charge in [0.2, 0.25) is 5.95 Å². The van der Waals surface area contributed by atoms with Crippen LogP contribution in [-0.2, 0) is 6.54 Å². The van der Waals surface area contributed by atoms with Crippen molar-refractivity contribution >= 4 is 17.5 Å². The normalized spacial score (nSPS) is 10.3. The quantitative estimate of drug-likeness (QED) is 0.750. The third-order valence-corrected chi connectivity index (χ3v) is 3.31. The fraction of sp³-hybridized carbons (Fsp3) is 0.167. The summed E-state index contributed by atoms with van der Waals surface area (Å²) in [5.74, 6) is 1.36. The Morgan fingerprint density at radius 2 is 1.87 bits per heavy atom. The Kier molecular flexibility index (Phi) is 4.47. The minimum absolute atomic E-state index is 0.583. The lowest BCUT2D eigenvalue weighted by Gasteiger charge is -2.10. The molecule has 5 heteroatoms. The van der Waals surface area contributed by atoms with Gasteiger partial charge in [-0.15, -0.1) is 0 Å². The number of hydrogen-bond acceptors (Lipinski definition) is 5. The molecule has 23 heavy (non-hydrogen) atoms. The van der Waals surface area contributed by atoms with Crippen molar-refractivity contribution in [1.29, 1.82) is 0 Å². The maximum atomic E-state index is 4.51. The first-order valence-corrected chi connectivity index (χ1v) is 7.52. The number of rotatable bonds is 5. The third-order valence-electron chi connectivity index (χ3n) is 3.31. The highest BCUT2D eigenvalue weighted by molar-refractivity contribution is 5.56. The van der Waals surface area contributed by atoms with Crippen LogP contribution in [0.3, 0.4) is 0 Å². The maximum absolute atomic E-state index is 4.51. The highest BCUT2D eigenvalue weighted by atomic mass is 15.1. The summed E-state index contributed by atoms with van der Waals surface area (Å²) in [5.41, 5.74) is 4.04. The number of benzene rings is 1. The number of anilines is 3. The van der Waals surface area contributed by atoms with Crippen molar-refractivity contribution in [3.63, 3.8) is 0 Å². The van der Waals surface area contributed by atoms with E-state index in [2.05, 4.69) is 44.6 Å². The highest BCUT2D eigenvalue weighted by Gasteiger charge is 2.03. The van der Waals surface area contributed by atoms with Gasteiger partial charge in [0.1, 0.15) is 5.82 Å². The number of nitrogens with zero attached hydrogens (tertiary/aromatic N) is 3. The fourth-order valence-corrected chi connectivity index (χ4v) is 2.25. The van der Waals surface area contributed by atoms with E-state index in [1.165, 1.54) is 5.56 Å². The number of aryl methyl sites for hydroxylation is 2. The first-order chi connectivity index (χ1) is 11.2. The smallest absolute Gasteiger partial charge is 0.229 e. The van der Waals surface area contributed by atoms with Gasteiger partial charge in [-0.25, -0.2) is 4.98 Å². The van der Waals surface area contributed by atoms with Crippen LogP contribution in [0, 0.1) is 13.8 Å². The summed E-state index contributed by atoms with van der Waals surface area (Å²) in [6.45, 7) is 4.64. The van der Waals surface area contributed by atoms with Gasteiger partial charge in [-0.05, 0) is 43.7 Å². The van der Waals surface area contributed by atoms with Gasteiger partial charge in [0.05, 0.1) is 12.2 Å². The summed E-state index contributed by atoms with van der Waals surface area (Å²) in [7, 11) is 0. The largest absolute Gasteiger partial charge is 0.364 e. The molecule has 0 spiro atoms. The minimum Gasteiger partial charge on any atom is -0.364 e. The molecule has 0 atom stereocenters. The molecule has 0 radical (unpaired) electrons. The van der Waals surface area contributed by atoms with Crippen molar-refractivity contribution < 1.29 is 0 Å². The SMILES string of the molecule is Cc1cccc(Nc2nc(C)cc(NCc3ccccn3)n2)c1. The summed E-state index contributed by atoms with van der Waals surface area (Å²) in [6.07, 6.45) is 1.78. The number of nitrogens with one attached hydrogen (secondary N) is 2. The Hall–Kier alpha value is -2.95. The average molecular weight is 305 g/mol. The van der Waals surface area contributed by atoms with Crippen LogP contribution in [0.4, 0.5) is 17.5 Å². The van der Waals surface area contributed by atoms with E-state index in [1.54, 1.807) is 6.20 Å². The minimum atomic E-state index is 0.583. The van der Waals surface area contributed by atoms with Crippen LogP contribution in [-0.4, -0.2) is 15.0 Å². The van der Waals surface area contributed by atoms with Crippen LogP contribution in [0.2, 0.25) is 0 Å². The zero-order chi connectivity index (χ0) is 16.1. The van der Waals surface area contributed by atoms with E-state index in [9.17, 15) is 0 Å². The zero-order valence-corrected chi connectivity index (χ0v) is 13.2. The Morgan fingerprint density at radius 1 is 0.957 bits per heavy atom. The standard InChI is InChI=1S/C18H19N5/c1-13-6-5-8-15(10-13)22-18-21-14(2)11-17(23-18)20-12-16-7-3-4-9-19-16/h3-11H,12H2,1-2H3,(H2,20,21,22,23). The van der Waals surface area contributed by atoms with Gasteiger partial charge in [-0.3, -0.25) is 4.98 Å². The number of hydrogen-bond donors (Lipinski definition) is 2. The molecule has 0 aliphatic rings. The molecular weight excluding hydrogens is 286 g/mol. The van der Waals surface area contributed by atoms with Crippen molar-refractivity contribution in [3.05, 3.63) is 71.7 Å². The molecule has 1 aromatic carbocycles. The van der Waals surface area contributed by atoms with E-state index < -0.39 is 0 Å². The number of pyridine rings is 1. The molecule has 3 aromatic rings. The van der Waals surface area contributed by atoms with E-state index >= 15 is 0 Å². The van der Waals surface area contributed by atoms with Crippen LogP contribution >= 0.6 is 0 Å². The Labute approximate surface area is 135 Å². The second-order valence-corrected chi connectivity index (χ2v) is 5.39. The molecule has 2 N–H and O–H groups in total. The van der Waals surface area contributed by atoms with Gasteiger partial charge in [0, 0.05) is 23.6 Å². The van der Waals surface area contributed by atoms with E-state index in [1.807, 2.05) is 43.3 Å². The predicted molar refractivity (Wildman–Crippen MR) is 92.8 cm³/mol. The van der Waals surface area contributed by atoms with Gasteiger partial charge in [0.25, 0.3) is 0 Å². The van der Waals surface area contributed by atoms with Gasteiger partial charge < -0.3 is 10.6 Å². The van der Waals surface area contributed by atoms with Crippen LogP contribution in [0.1, 0.15) is 17.0 Å². The summed E-state index contributed by atoms with van der Waals surface area (Å²) in [5, 5.41) is 6.53. The average Bonchev–Trinajstić information content (AvgIpc) is 2.53. The Balaban J connectivity index is 1.73. The summed E-state index contributed by atoms with van der Waals surface area (Å²) < 4.78 is 0. The molecule has 0 fully saturated rings. The van der Waals surface area contributed by atoms with Crippen LogP contribution < -0.4 is 10.6 Å². The lowest BCUT2D eigenvalue weighted by Crippen LogP contribution is -2.06. The molecule has 0 unspecified atom stereocenters. The number of aromatic nitrogens is 3. The summed E-state index contributed by atoms with van der Waals surface area (Å²) >= 11 is 0. The molecule has 2 aromatic heterocycles. The second kappa shape index (κ2) is 6.87. The van der Waals surface area contributed by atoms with Crippen molar-refractivity contribution in [3.8, 4) is 0 Å². The molecule has 3 rings (SSSR count). The van der Waals surface area contributed by atoms with E-state index in [0.717, 1.165) is 22.9 Å². The Morgan fingerprint density at radius 3 is 2.65 bits per heavy atom. The van der Waals surface area contributed by atoms with Gasteiger partial charge in [-0.1, -0.05) is 18.2 Å². The van der Waals surface area contributed by atoms with Crippen molar-refractivity contribution in [2.24, 2.45) is 0 Å². The second-order valence-electron chi connectivity index (χ2n) is 5.39. The van der Waals surface area contributed by atoms with E-state index in [-0.39, 0.29) is 0 Å². The van der Waals surface area contributed by atoms with Crippen LogP contribution in [0.15, 0.2) is 54.7 Å². The van der Waals surface area contributed by atoms with Crippen molar-refractivity contribution in [2.75, 3.05) is 10.6 Å². The Bertz CT molecular complexity index is 786. The molecule has 0 aliphatic carbocycles. The first kappa shape index (κ1) is 15.0.